The fourth-order valence-electron chi connectivity index (χ4n) is 9.70. The molecule has 0 N–H and O–H groups in total. The van der Waals surface area contributed by atoms with Crippen LogP contribution in [0, 0.1) is 46.3 Å². The van der Waals surface area contributed by atoms with Crippen molar-refractivity contribution in [3.63, 3.8) is 0 Å². The van der Waals surface area contributed by atoms with Crippen molar-refractivity contribution in [3.05, 3.63) is 0 Å². The molecule has 0 aromatic carbocycles. The lowest BCUT2D eigenvalue weighted by atomic mass is 9.44. The average Bonchev–Trinajstić information content (AvgIpc) is 3.32. The largest absolute Gasteiger partial charge is 0.462 e. The number of esters is 4. The minimum atomic E-state index is -0.926. The van der Waals surface area contributed by atoms with Crippen LogP contribution in [0.4, 0.5) is 0 Å². The van der Waals surface area contributed by atoms with Gasteiger partial charge in [0, 0.05) is 32.6 Å². The van der Waals surface area contributed by atoms with Crippen LogP contribution in [0.1, 0.15) is 112 Å². The summed E-state index contributed by atoms with van der Waals surface area (Å²) in [6.07, 6.45) is 9.27. The summed E-state index contributed by atoms with van der Waals surface area (Å²) in [6.45, 7) is 10.3. The lowest BCUT2D eigenvalue weighted by molar-refractivity contribution is -0.175. The molecule has 9 atom stereocenters. The van der Waals surface area contributed by atoms with Crippen LogP contribution in [0.3, 0.4) is 0 Å². The number of Topliss-reactive ketones (excluding diaryl/α,β-unsaturated/α-hetero) is 1. The zero-order chi connectivity index (χ0) is 32.9. The Labute approximate surface area is 267 Å². The van der Waals surface area contributed by atoms with Crippen LogP contribution < -0.4 is 0 Å². The third kappa shape index (κ3) is 8.46. The van der Waals surface area contributed by atoms with E-state index in [1.165, 1.54) is 46.0 Å². The van der Waals surface area contributed by atoms with Gasteiger partial charge in [-0.25, -0.2) is 0 Å². The van der Waals surface area contributed by atoms with Gasteiger partial charge >= 0.3 is 23.9 Å². The molecule has 0 spiro atoms. The van der Waals surface area contributed by atoms with Crippen molar-refractivity contribution >= 4 is 29.7 Å². The molecule has 0 radical (unpaired) electrons. The average molecular weight is 635 g/mol. The van der Waals surface area contributed by atoms with Gasteiger partial charge in [-0.1, -0.05) is 20.8 Å². The zero-order valence-corrected chi connectivity index (χ0v) is 28.1. The highest BCUT2D eigenvalue weighted by molar-refractivity contribution is 5.79. The van der Waals surface area contributed by atoms with Gasteiger partial charge in [0.1, 0.15) is 19.0 Å². The number of ether oxygens (including phenoxy) is 5. The molecular formula is C35H54O10. The highest BCUT2D eigenvalue weighted by Crippen LogP contribution is 2.67. The fraction of sp³-hybridized carbons (Fsp3) is 0.857. The maximum absolute atomic E-state index is 12.5. The Morgan fingerprint density at radius 1 is 0.733 bits per heavy atom. The summed E-state index contributed by atoms with van der Waals surface area (Å²) in [7, 11) is 0. The Morgan fingerprint density at radius 2 is 1.36 bits per heavy atom. The van der Waals surface area contributed by atoms with E-state index in [-0.39, 0.29) is 56.2 Å². The molecule has 4 rings (SSSR count). The van der Waals surface area contributed by atoms with Crippen LogP contribution in [0.25, 0.3) is 0 Å². The molecule has 0 aromatic heterocycles. The van der Waals surface area contributed by atoms with Crippen LogP contribution in [0.15, 0.2) is 0 Å². The monoisotopic (exact) mass is 634 g/mol. The van der Waals surface area contributed by atoms with Gasteiger partial charge in [-0.15, -0.1) is 0 Å². The van der Waals surface area contributed by atoms with Crippen molar-refractivity contribution in [1.29, 1.82) is 0 Å². The summed E-state index contributed by atoms with van der Waals surface area (Å²) in [5.41, 5.74) is 0.478. The second-order valence-corrected chi connectivity index (χ2v) is 14.9. The number of carbonyl (C=O) groups excluding carboxylic acids is 5. The Morgan fingerprint density at radius 3 is 2.00 bits per heavy atom. The molecule has 4 fully saturated rings. The Bertz CT molecular complexity index is 1090. The molecule has 10 heteroatoms. The van der Waals surface area contributed by atoms with Crippen LogP contribution in [0.5, 0.6) is 0 Å². The number of ketones is 1. The number of fused-ring (bicyclic) bond motifs is 5. The first kappa shape index (κ1) is 35.4. The molecule has 0 aromatic rings. The molecule has 0 aliphatic heterocycles. The molecule has 0 bridgehead atoms. The quantitative estimate of drug-likeness (QED) is 0.144. The van der Waals surface area contributed by atoms with E-state index in [2.05, 4.69) is 13.8 Å². The van der Waals surface area contributed by atoms with Gasteiger partial charge < -0.3 is 23.7 Å². The first-order valence-electron chi connectivity index (χ1n) is 17.0. The van der Waals surface area contributed by atoms with Gasteiger partial charge in [-0.05, 0) is 105 Å². The molecule has 254 valence electrons. The minimum absolute atomic E-state index is 0.0238. The standard InChI is InChI=1S/C35H54O10/c1-21(16-33(40)45-27(18-41-23(3)37)19-42-24(4)38)15-32(39)44-20-43-26-11-13-34(5)25(17-26)7-8-28-30-10-9-29(22(2)36)35(30,6)14-12-31(28)34/h21,25-31H,7-20H2,1-6H3/t21?,25-,26-,28-,29+,30-,31-,34-,35+/m0/s1. The number of hydrogen-bond acceptors (Lipinski definition) is 10. The minimum Gasteiger partial charge on any atom is -0.462 e. The summed E-state index contributed by atoms with van der Waals surface area (Å²) >= 11 is 0. The normalized spacial score (nSPS) is 34.5. The van der Waals surface area contributed by atoms with E-state index in [9.17, 15) is 24.0 Å². The predicted molar refractivity (Wildman–Crippen MR) is 163 cm³/mol. The SMILES string of the molecule is CC(=O)OCC(COC(C)=O)OC(=O)CC(C)CC(=O)OCO[C@H]1CC[C@@]2(C)[C@@H](CC[C@@H]3[C@@H]2CC[C@]2(C)[C@@H](C(C)=O)CC[C@@H]32)C1. The lowest BCUT2D eigenvalue weighted by Gasteiger charge is -2.61. The number of rotatable bonds is 13. The van der Waals surface area contributed by atoms with Crippen LogP contribution >= 0.6 is 0 Å². The number of carbonyl (C=O) groups is 5. The molecular weight excluding hydrogens is 580 g/mol. The molecule has 10 nitrogen and oxygen atoms in total. The number of hydrogen-bond donors (Lipinski definition) is 0. The van der Waals surface area contributed by atoms with Crippen molar-refractivity contribution in [2.24, 2.45) is 46.3 Å². The van der Waals surface area contributed by atoms with Crippen molar-refractivity contribution in [1.82, 2.24) is 0 Å². The summed E-state index contributed by atoms with van der Waals surface area (Å²) < 4.78 is 26.5. The maximum Gasteiger partial charge on any atom is 0.308 e. The van der Waals surface area contributed by atoms with Gasteiger partial charge in [0.05, 0.1) is 6.10 Å². The summed E-state index contributed by atoms with van der Waals surface area (Å²) in [4.78, 5) is 59.5. The highest BCUT2D eigenvalue weighted by atomic mass is 16.7. The van der Waals surface area contributed by atoms with Crippen molar-refractivity contribution in [2.45, 2.75) is 124 Å². The molecule has 45 heavy (non-hydrogen) atoms. The maximum atomic E-state index is 12.5. The van der Waals surface area contributed by atoms with E-state index in [4.69, 9.17) is 23.7 Å². The first-order chi connectivity index (χ1) is 21.2. The van der Waals surface area contributed by atoms with E-state index in [0.29, 0.717) is 29.0 Å². The molecule has 4 saturated carbocycles. The van der Waals surface area contributed by atoms with Crippen molar-refractivity contribution < 1.29 is 47.7 Å². The second-order valence-electron chi connectivity index (χ2n) is 14.9. The molecule has 4 aliphatic rings. The third-order valence-electron chi connectivity index (χ3n) is 11.9. The molecule has 0 heterocycles. The molecule has 0 saturated heterocycles. The third-order valence-corrected chi connectivity index (χ3v) is 11.9. The van der Waals surface area contributed by atoms with E-state index < -0.39 is 30.0 Å². The molecule has 4 aliphatic carbocycles. The predicted octanol–water partition coefficient (Wildman–Crippen LogP) is 5.57. The Balaban J connectivity index is 1.18. The van der Waals surface area contributed by atoms with Crippen molar-refractivity contribution in [2.75, 3.05) is 20.0 Å². The van der Waals surface area contributed by atoms with E-state index in [1.807, 2.05) is 0 Å². The molecule has 1 unspecified atom stereocenters. The van der Waals surface area contributed by atoms with Gasteiger partial charge in [-0.2, -0.15) is 0 Å². The Kier molecular flexibility index (Phi) is 11.7. The van der Waals surface area contributed by atoms with Gasteiger partial charge in [0.15, 0.2) is 12.9 Å². The Hall–Kier alpha value is -2.49. The second kappa shape index (κ2) is 14.9. The zero-order valence-electron chi connectivity index (χ0n) is 28.1. The first-order valence-corrected chi connectivity index (χ1v) is 17.0. The molecule has 0 amide bonds. The van der Waals surface area contributed by atoms with E-state index >= 15 is 0 Å². The van der Waals surface area contributed by atoms with Crippen molar-refractivity contribution in [3.8, 4) is 0 Å². The fourth-order valence-corrected chi connectivity index (χ4v) is 9.70. The summed E-state index contributed by atoms with van der Waals surface area (Å²) in [6, 6.07) is 0. The van der Waals surface area contributed by atoms with Gasteiger partial charge in [0.25, 0.3) is 0 Å². The summed E-state index contributed by atoms with van der Waals surface area (Å²) in [5, 5.41) is 0. The topological polar surface area (TPSA) is 132 Å². The van der Waals surface area contributed by atoms with Gasteiger partial charge in [0.2, 0.25) is 0 Å². The van der Waals surface area contributed by atoms with E-state index in [1.54, 1.807) is 13.8 Å². The summed E-state index contributed by atoms with van der Waals surface area (Å²) in [5.74, 6) is 0.851. The van der Waals surface area contributed by atoms with Gasteiger partial charge in [-0.3, -0.25) is 24.0 Å². The lowest BCUT2D eigenvalue weighted by Crippen LogP contribution is -2.54. The van der Waals surface area contributed by atoms with E-state index in [0.717, 1.165) is 31.6 Å². The smallest absolute Gasteiger partial charge is 0.308 e. The highest BCUT2D eigenvalue weighted by Gasteiger charge is 2.60. The van der Waals surface area contributed by atoms with Crippen LogP contribution in [0.2, 0.25) is 0 Å². The van der Waals surface area contributed by atoms with Crippen LogP contribution in [-0.2, 0) is 47.7 Å². The van der Waals surface area contributed by atoms with Crippen LogP contribution in [-0.4, -0.2) is 61.9 Å².